The highest BCUT2D eigenvalue weighted by molar-refractivity contribution is 5.06. The van der Waals surface area contributed by atoms with Crippen molar-refractivity contribution in [3.63, 3.8) is 0 Å². The van der Waals surface area contributed by atoms with Crippen LogP contribution in [-0.4, -0.2) is 16.8 Å². The lowest BCUT2D eigenvalue weighted by Crippen LogP contribution is -2.20. The Labute approximate surface area is 99.2 Å². The number of hydrogen-bond donors (Lipinski definition) is 1. The Morgan fingerprint density at radius 3 is 2.75 bits per heavy atom. The van der Waals surface area contributed by atoms with E-state index in [0.717, 1.165) is 13.0 Å². The standard InChI is InChI=1S/C13H25N3/c1-4-6-7-8-12(14-3)13-9-10-15-16(13)11-5-2/h9-10,12,14H,4-8,11H2,1-3H3. The van der Waals surface area contributed by atoms with Crippen LogP contribution in [0.15, 0.2) is 12.3 Å². The number of rotatable bonds is 8. The number of aromatic nitrogens is 2. The van der Waals surface area contributed by atoms with E-state index in [2.05, 4.69) is 35.0 Å². The minimum absolute atomic E-state index is 0.459. The van der Waals surface area contributed by atoms with Crippen LogP contribution in [0.3, 0.4) is 0 Å². The van der Waals surface area contributed by atoms with Gasteiger partial charge in [0.25, 0.3) is 0 Å². The van der Waals surface area contributed by atoms with Crippen LogP contribution in [0.2, 0.25) is 0 Å². The third-order valence-corrected chi connectivity index (χ3v) is 2.99. The van der Waals surface area contributed by atoms with Crippen LogP contribution >= 0.6 is 0 Å². The topological polar surface area (TPSA) is 29.9 Å². The maximum Gasteiger partial charge on any atom is 0.0553 e. The van der Waals surface area contributed by atoms with Crippen molar-refractivity contribution in [2.45, 2.75) is 58.5 Å². The van der Waals surface area contributed by atoms with Crippen LogP contribution in [-0.2, 0) is 6.54 Å². The van der Waals surface area contributed by atoms with Gasteiger partial charge in [-0.1, -0.05) is 33.1 Å². The number of aryl methyl sites for hydroxylation is 1. The van der Waals surface area contributed by atoms with Gasteiger partial charge in [0, 0.05) is 18.8 Å². The van der Waals surface area contributed by atoms with E-state index in [9.17, 15) is 0 Å². The van der Waals surface area contributed by atoms with Gasteiger partial charge in [0.1, 0.15) is 0 Å². The molecule has 1 atom stereocenters. The Morgan fingerprint density at radius 1 is 1.31 bits per heavy atom. The van der Waals surface area contributed by atoms with E-state index in [-0.39, 0.29) is 0 Å². The summed E-state index contributed by atoms with van der Waals surface area (Å²) in [4.78, 5) is 0. The van der Waals surface area contributed by atoms with Crippen LogP contribution in [0.1, 0.15) is 57.7 Å². The minimum Gasteiger partial charge on any atom is -0.312 e. The average molecular weight is 223 g/mol. The van der Waals surface area contributed by atoms with Gasteiger partial charge < -0.3 is 5.32 Å². The van der Waals surface area contributed by atoms with Crippen LogP contribution in [0.4, 0.5) is 0 Å². The van der Waals surface area contributed by atoms with Crippen LogP contribution in [0.5, 0.6) is 0 Å². The second-order valence-corrected chi connectivity index (χ2v) is 4.32. The molecule has 0 aliphatic carbocycles. The van der Waals surface area contributed by atoms with Crippen LogP contribution < -0.4 is 5.32 Å². The zero-order valence-corrected chi connectivity index (χ0v) is 10.9. The maximum atomic E-state index is 4.38. The lowest BCUT2D eigenvalue weighted by atomic mass is 10.1. The van der Waals surface area contributed by atoms with Crippen molar-refractivity contribution in [2.24, 2.45) is 0 Å². The molecule has 1 heterocycles. The zero-order chi connectivity index (χ0) is 11.8. The van der Waals surface area contributed by atoms with Gasteiger partial charge in [-0.25, -0.2) is 0 Å². The van der Waals surface area contributed by atoms with Crippen LogP contribution in [0.25, 0.3) is 0 Å². The number of hydrogen-bond acceptors (Lipinski definition) is 2. The highest BCUT2D eigenvalue weighted by atomic mass is 15.3. The van der Waals surface area contributed by atoms with Crippen molar-refractivity contribution >= 4 is 0 Å². The first-order valence-corrected chi connectivity index (χ1v) is 6.52. The smallest absolute Gasteiger partial charge is 0.0553 e. The molecule has 0 radical (unpaired) electrons. The first-order chi connectivity index (χ1) is 7.83. The van der Waals surface area contributed by atoms with E-state index in [1.165, 1.54) is 31.4 Å². The van der Waals surface area contributed by atoms with E-state index < -0.39 is 0 Å². The molecular formula is C13H25N3. The van der Waals surface area contributed by atoms with E-state index in [4.69, 9.17) is 0 Å². The molecule has 1 unspecified atom stereocenters. The Bertz CT molecular complexity index is 280. The van der Waals surface area contributed by atoms with Gasteiger partial charge in [0.15, 0.2) is 0 Å². The maximum absolute atomic E-state index is 4.38. The summed E-state index contributed by atoms with van der Waals surface area (Å²) >= 11 is 0. The van der Waals surface area contributed by atoms with Gasteiger partial charge >= 0.3 is 0 Å². The molecule has 1 rings (SSSR count). The van der Waals surface area contributed by atoms with Crippen molar-refractivity contribution in [2.75, 3.05) is 7.05 Å². The summed E-state index contributed by atoms with van der Waals surface area (Å²) in [7, 11) is 2.04. The minimum atomic E-state index is 0.459. The SMILES string of the molecule is CCCCCC(NC)c1ccnn1CCC. The normalized spacial score (nSPS) is 12.9. The Hall–Kier alpha value is -0.830. The third-order valence-electron chi connectivity index (χ3n) is 2.99. The molecule has 16 heavy (non-hydrogen) atoms. The van der Waals surface area contributed by atoms with Gasteiger partial charge in [-0.3, -0.25) is 4.68 Å². The van der Waals surface area contributed by atoms with Crippen molar-refractivity contribution in [1.29, 1.82) is 0 Å². The summed E-state index contributed by atoms with van der Waals surface area (Å²) in [6.07, 6.45) is 8.15. The quantitative estimate of drug-likeness (QED) is 0.686. The monoisotopic (exact) mass is 223 g/mol. The summed E-state index contributed by atoms with van der Waals surface area (Å²) in [6, 6.07) is 2.60. The van der Waals surface area contributed by atoms with E-state index in [1.807, 2.05) is 13.2 Å². The van der Waals surface area contributed by atoms with E-state index in [1.54, 1.807) is 0 Å². The Balaban J connectivity index is 2.59. The fourth-order valence-electron chi connectivity index (χ4n) is 2.08. The molecule has 0 aliphatic rings. The molecule has 1 N–H and O–H groups in total. The summed E-state index contributed by atoms with van der Waals surface area (Å²) in [5, 5.41) is 7.78. The number of unbranched alkanes of at least 4 members (excludes halogenated alkanes) is 2. The molecule has 0 aliphatic heterocycles. The fourth-order valence-corrected chi connectivity index (χ4v) is 2.08. The van der Waals surface area contributed by atoms with Crippen molar-refractivity contribution in [1.82, 2.24) is 15.1 Å². The predicted molar refractivity (Wildman–Crippen MR) is 68.5 cm³/mol. The molecule has 1 aromatic rings. The number of nitrogens with one attached hydrogen (secondary N) is 1. The summed E-state index contributed by atoms with van der Waals surface area (Å²) < 4.78 is 2.13. The summed E-state index contributed by atoms with van der Waals surface area (Å²) in [6.45, 7) is 5.46. The van der Waals surface area contributed by atoms with Gasteiger partial charge in [-0.15, -0.1) is 0 Å². The second-order valence-electron chi connectivity index (χ2n) is 4.32. The molecule has 0 bridgehead atoms. The molecule has 0 saturated carbocycles. The molecule has 0 saturated heterocycles. The van der Waals surface area contributed by atoms with Crippen molar-refractivity contribution in [3.8, 4) is 0 Å². The van der Waals surface area contributed by atoms with Gasteiger partial charge in [-0.2, -0.15) is 5.10 Å². The highest BCUT2D eigenvalue weighted by Gasteiger charge is 2.13. The van der Waals surface area contributed by atoms with Crippen molar-refractivity contribution in [3.05, 3.63) is 18.0 Å². The van der Waals surface area contributed by atoms with Crippen molar-refractivity contribution < 1.29 is 0 Å². The average Bonchev–Trinajstić information content (AvgIpc) is 2.73. The lowest BCUT2D eigenvalue weighted by Gasteiger charge is -2.17. The van der Waals surface area contributed by atoms with Gasteiger partial charge in [0.05, 0.1) is 5.69 Å². The first-order valence-electron chi connectivity index (χ1n) is 6.52. The Kier molecular flexibility index (Phi) is 6.16. The molecule has 0 amide bonds. The van der Waals surface area contributed by atoms with Gasteiger partial charge in [-0.05, 0) is 26.0 Å². The Morgan fingerprint density at radius 2 is 2.12 bits per heavy atom. The molecular weight excluding hydrogens is 198 g/mol. The lowest BCUT2D eigenvalue weighted by molar-refractivity contribution is 0.459. The summed E-state index contributed by atoms with van der Waals surface area (Å²) in [5.41, 5.74) is 1.33. The fraction of sp³-hybridized carbons (Fsp3) is 0.769. The molecule has 92 valence electrons. The highest BCUT2D eigenvalue weighted by Crippen LogP contribution is 2.19. The second kappa shape index (κ2) is 7.44. The third kappa shape index (κ3) is 3.63. The molecule has 0 aromatic carbocycles. The molecule has 1 aromatic heterocycles. The van der Waals surface area contributed by atoms with E-state index in [0.29, 0.717) is 6.04 Å². The van der Waals surface area contributed by atoms with Gasteiger partial charge in [0.2, 0.25) is 0 Å². The molecule has 0 spiro atoms. The molecule has 0 fully saturated rings. The first kappa shape index (κ1) is 13.2. The zero-order valence-electron chi connectivity index (χ0n) is 10.9. The summed E-state index contributed by atoms with van der Waals surface area (Å²) in [5.74, 6) is 0. The molecule has 3 heteroatoms. The van der Waals surface area contributed by atoms with Crippen LogP contribution in [0, 0.1) is 0 Å². The molecule has 3 nitrogen and oxygen atoms in total. The predicted octanol–water partition coefficient (Wildman–Crippen LogP) is 3.13. The number of nitrogens with zero attached hydrogens (tertiary/aromatic N) is 2. The largest absolute Gasteiger partial charge is 0.312 e. The van der Waals surface area contributed by atoms with E-state index >= 15 is 0 Å².